The molecule has 1 fully saturated rings. The summed E-state index contributed by atoms with van der Waals surface area (Å²) < 4.78 is 2.27. The third-order valence-corrected chi connectivity index (χ3v) is 3.79. The molecule has 0 radical (unpaired) electrons. The van der Waals surface area contributed by atoms with Crippen molar-refractivity contribution in [3.8, 4) is 0 Å². The Labute approximate surface area is 132 Å². The number of halogens is 1. The molecule has 3 N–H and O–H groups in total. The van der Waals surface area contributed by atoms with Gasteiger partial charge in [-0.25, -0.2) is 0 Å². The second-order valence-electron chi connectivity index (χ2n) is 4.99. The number of nitrogens with one attached hydrogen (secondary N) is 3. The molecule has 0 saturated carbocycles. The number of pyridine rings is 1. The predicted molar refractivity (Wildman–Crippen MR) is 88.9 cm³/mol. The third-order valence-electron chi connectivity index (χ3n) is 3.36. The van der Waals surface area contributed by atoms with Crippen LogP contribution in [0.3, 0.4) is 0 Å². The van der Waals surface area contributed by atoms with E-state index >= 15 is 0 Å². The van der Waals surface area contributed by atoms with Gasteiger partial charge in [0.2, 0.25) is 0 Å². The molecule has 0 amide bonds. The third kappa shape index (κ3) is 4.18. The zero-order chi connectivity index (χ0) is 15.4. The van der Waals surface area contributed by atoms with Crippen molar-refractivity contribution in [3.63, 3.8) is 0 Å². The standard InChI is InChI=1S/C14H20BrN5O/c1-3-20-5-4-17-11(9-20)7-13(16)18-12-6-10(15)8-19(2)14(12)21/h6-8,17H,3-5,9H2,1-2H3,(H2,16,18)/b11-7-. The monoisotopic (exact) mass is 353 g/mol. The minimum Gasteiger partial charge on any atom is -0.386 e. The average molecular weight is 354 g/mol. The molecule has 1 saturated heterocycles. The minimum absolute atomic E-state index is 0.159. The summed E-state index contributed by atoms with van der Waals surface area (Å²) in [4.78, 5) is 14.3. The Kier molecular flexibility index (Phi) is 5.19. The van der Waals surface area contributed by atoms with Crippen LogP contribution >= 0.6 is 15.9 Å². The van der Waals surface area contributed by atoms with E-state index in [0.717, 1.165) is 36.3 Å². The molecule has 0 spiro atoms. The Hall–Kier alpha value is -1.60. The molecule has 114 valence electrons. The summed E-state index contributed by atoms with van der Waals surface area (Å²) in [5, 5.41) is 14.2. The van der Waals surface area contributed by atoms with Gasteiger partial charge in [0.05, 0.1) is 0 Å². The second kappa shape index (κ2) is 6.91. The summed E-state index contributed by atoms with van der Waals surface area (Å²) in [6.45, 7) is 5.81. The highest BCUT2D eigenvalue weighted by atomic mass is 79.9. The lowest BCUT2D eigenvalue weighted by atomic mass is 10.2. The number of piperazine rings is 1. The van der Waals surface area contributed by atoms with Gasteiger partial charge in [-0.05, 0) is 28.5 Å². The molecule has 1 aliphatic rings. The minimum atomic E-state index is -0.159. The number of hydrogen-bond donors (Lipinski definition) is 3. The van der Waals surface area contributed by atoms with Crippen molar-refractivity contribution in [2.24, 2.45) is 7.05 Å². The summed E-state index contributed by atoms with van der Waals surface area (Å²) in [5.74, 6) is 0.200. The summed E-state index contributed by atoms with van der Waals surface area (Å²) in [7, 11) is 1.68. The molecule has 2 heterocycles. The number of aryl methyl sites for hydroxylation is 1. The van der Waals surface area contributed by atoms with Gasteiger partial charge in [0.15, 0.2) is 0 Å². The molecular weight excluding hydrogens is 334 g/mol. The van der Waals surface area contributed by atoms with Gasteiger partial charge in [-0.2, -0.15) is 0 Å². The van der Waals surface area contributed by atoms with Crippen molar-refractivity contribution >= 4 is 27.5 Å². The van der Waals surface area contributed by atoms with Crippen LogP contribution in [0.25, 0.3) is 0 Å². The normalized spacial score (nSPS) is 17.6. The first-order valence-corrected chi connectivity index (χ1v) is 7.67. The van der Waals surface area contributed by atoms with E-state index in [1.165, 1.54) is 4.57 Å². The Bertz CT molecular complexity index is 622. The summed E-state index contributed by atoms with van der Waals surface area (Å²) in [5.41, 5.74) is 1.22. The number of amidine groups is 1. The van der Waals surface area contributed by atoms with Crippen LogP contribution in [0.2, 0.25) is 0 Å². The number of aromatic nitrogens is 1. The van der Waals surface area contributed by atoms with Gasteiger partial charge in [0.25, 0.3) is 5.56 Å². The molecule has 21 heavy (non-hydrogen) atoms. The van der Waals surface area contributed by atoms with E-state index in [-0.39, 0.29) is 11.4 Å². The molecule has 0 aromatic carbocycles. The van der Waals surface area contributed by atoms with Crippen LogP contribution in [-0.4, -0.2) is 41.5 Å². The predicted octanol–water partition coefficient (Wildman–Crippen LogP) is 1.35. The van der Waals surface area contributed by atoms with Crippen molar-refractivity contribution < 1.29 is 0 Å². The average Bonchev–Trinajstić information content (AvgIpc) is 2.44. The van der Waals surface area contributed by atoms with E-state index in [1.807, 2.05) is 0 Å². The van der Waals surface area contributed by atoms with E-state index in [9.17, 15) is 4.79 Å². The second-order valence-corrected chi connectivity index (χ2v) is 5.91. The molecule has 1 aliphatic heterocycles. The molecule has 1 aromatic heterocycles. The fraction of sp³-hybridized carbons (Fsp3) is 0.429. The number of nitrogens with zero attached hydrogens (tertiary/aromatic N) is 2. The van der Waals surface area contributed by atoms with E-state index in [1.54, 1.807) is 25.4 Å². The van der Waals surface area contributed by atoms with Crippen LogP contribution in [-0.2, 0) is 7.05 Å². The van der Waals surface area contributed by atoms with Gasteiger partial charge in [-0.1, -0.05) is 6.92 Å². The van der Waals surface area contributed by atoms with Crippen molar-refractivity contribution in [2.75, 3.05) is 31.5 Å². The fourth-order valence-corrected chi connectivity index (χ4v) is 2.77. The molecule has 0 atom stereocenters. The number of hydrogen-bond acceptors (Lipinski definition) is 4. The van der Waals surface area contributed by atoms with Gasteiger partial charge in [0, 0.05) is 49.1 Å². The summed E-state index contributed by atoms with van der Waals surface area (Å²) >= 11 is 3.35. The first-order chi connectivity index (χ1) is 9.99. The first-order valence-electron chi connectivity index (χ1n) is 6.88. The van der Waals surface area contributed by atoms with Crippen LogP contribution in [0.5, 0.6) is 0 Å². The van der Waals surface area contributed by atoms with Crippen LogP contribution < -0.4 is 16.2 Å². The maximum absolute atomic E-state index is 12.0. The molecule has 1 aromatic rings. The molecule has 0 unspecified atom stereocenters. The first kappa shape index (κ1) is 15.8. The number of anilines is 1. The summed E-state index contributed by atoms with van der Waals surface area (Å²) in [6.07, 6.45) is 3.43. The Morgan fingerprint density at radius 3 is 3.10 bits per heavy atom. The molecule has 0 aliphatic carbocycles. The number of rotatable bonds is 3. The van der Waals surface area contributed by atoms with Crippen molar-refractivity contribution in [3.05, 3.63) is 38.9 Å². The van der Waals surface area contributed by atoms with Crippen LogP contribution in [0.15, 0.2) is 33.3 Å². The smallest absolute Gasteiger partial charge is 0.274 e. The fourth-order valence-electron chi connectivity index (χ4n) is 2.23. The molecule has 6 nitrogen and oxygen atoms in total. The van der Waals surface area contributed by atoms with Crippen LogP contribution in [0, 0.1) is 5.41 Å². The van der Waals surface area contributed by atoms with Gasteiger partial charge >= 0.3 is 0 Å². The molecule has 7 heteroatoms. The van der Waals surface area contributed by atoms with Gasteiger partial charge in [-0.15, -0.1) is 0 Å². The molecule has 2 rings (SSSR count). The quantitative estimate of drug-likeness (QED) is 0.566. The van der Waals surface area contributed by atoms with E-state index in [2.05, 4.69) is 38.4 Å². The van der Waals surface area contributed by atoms with Crippen molar-refractivity contribution in [1.29, 1.82) is 5.41 Å². The number of likely N-dealkylation sites (N-methyl/N-ethyl adjacent to an activating group) is 1. The van der Waals surface area contributed by atoms with Gasteiger partial charge in [0.1, 0.15) is 11.5 Å². The van der Waals surface area contributed by atoms with Crippen LogP contribution in [0.1, 0.15) is 6.92 Å². The van der Waals surface area contributed by atoms with E-state index in [4.69, 9.17) is 5.41 Å². The zero-order valence-electron chi connectivity index (χ0n) is 12.2. The largest absolute Gasteiger partial charge is 0.386 e. The lowest BCUT2D eigenvalue weighted by Gasteiger charge is -2.28. The topological polar surface area (TPSA) is 73.2 Å². The lowest BCUT2D eigenvalue weighted by molar-refractivity contribution is 0.280. The lowest BCUT2D eigenvalue weighted by Crippen LogP contribution is -2.42. The van der Waals surface area contributed by atoms with E-state index < -0.39 is 0 Å². The van der Waals surface area contributed by atoms with Crippen LogP contribution in [0.4, 0.5) is 5.69 Å². The van der Waals surface area contributed by atoms with Gasteiger partial charge < -0.3 is 15.2 Å². The Morgan fingerprint density at radius 2 is 2.38 bits per heavy atom. The van der Waals surface area contributed by atoms with Crippen molar-refractivity contribution in [1.82, 2.24) is 14.8 Å². The van der Waals surface area contributed by atoms with Gasteiger partial charge in [-0.3, -0.25) is 15.1 Å². The Morgan fingerprint density at radius 1 is 1.62 bits per heavy atom. The van der Waals surface area contributed by atoms with E-state index in [0.29, 0.717) is 5.69 Å². The summed E-state index contributed by atoms with van der Waals surface area (Å²) in [6, 6.07) is 1.68. The molecular formula is C14H20BrN5O. The maximum atomic E-state index is 12.0. The zero-order valence-corrected chi connectivity index (χ0v) is 13.8. The maximum Gasteiger partial charge on any atom is 0.274 e. The molecule has 0 bridgehead atoms. The highest BCUT2D eigenvalue weighted by Gasteiger charge is 2.12. The highest BCUT2D eigenvalue weighted by molar-refractivity contribution is 9.10. The highest BCUT2D eigenvalue weighted by Crippen LogP contribution is 2.11. The van der Waals surface area contributed by atoms with Crippen molar-refractivity contribution in [2.45, 2.75) is 6.92 Å². The SMILES string of the molecule is CCN1CCN/C(=C\C(=N)Nc2cc(Br)cn(C)c2=O)C1. The Balaban J connectivity index is 2.10.